The molecule has 0 aliphatic heterocycles. The predicted octanol–water partition coefficient (Wildman–Crippen LogP) is 3.02. The number of hydrogen-bond donors (Lipinski definition) is 2. The molecule has 0 atom stereocenters. The summed E-state index contributed by atoms with van der Waals surface area (Å²) in [5, 5.41) is 13.0. The molecule has 1 aromatic carbocycles. The third-order valence-electron chi connectivity index (χ3n) is 3.00. The van der Waals surface area contributed by atoms with Crippen molar-refractivity contribution in [1.29, 1.82) is 0 Å². The maximum atomic E-state index is 9.75. The molecule has 0 fully saturated rings. The average Bonchev–Trinajstić information content (AvgIpc) is 2.42. The van der Waals surface area contributed by atoms with Crippen LogP contribution in [0.3, 0.4) is 0 Å². The van der Waals surface area contributed by atoms with Crippen molar-refractivity contribution in [3.63, 3.8) is 0 Å². The average molecular weight is 258 g/mol. The minimum Gasteiger partial charge on any atom is -0.507 e. The fourth-order valence-electron chi connectivity index (χ4n) is 2.03. The standard InChI is InChI=1S/C15H18N2O2/c1-10-7-12(8-11(2)14(10)18)9-17-13-5-4-6-16-15(13)19-3/h4-8,17-18H,9H2,1-3H3. The topological polar surface area (TPSA) is 54.4 Å². The molecule has 2 rings (SSSR count). The second kappa shape index (κ2) is 5.61. The van der Waals surface area contributed by atoms with Crippen molar-refractivity contribution in [2.24, 2.45) is 0 Å². The third kappa shape index (κ3) is 2.96. The van der Waals surface area contributed by atoms with Gasteiger partial charge >= 0.3 is 0 Å². The van der Waals surface area contributed by atoms with E-state index in [-0.39, 0.29) is 0 Å². The molecule has 0 radical (unpaired) electrons. The number of aromatic nitrogens is 1. The van der Waals surface area contributed by atoms with Crippen LogP contribution in [0, 0.1) is 13.8 Å². The van der Waals surface area contributed by atoms with Gasteiger partial charge in [0.25, 0.3) is 0 Å². The highest BCUT2D eigenvalue weighted by Crippen LogP contribution is 2.25. The van der Waals surface area contributed by atoms with Gasteiger partial charge in [-0.15, -0.1) is 0 Å². The molecule has 19 heavy (non-hydrogen) atoms. The number of benzene rings is 1. The van der Waals surface area contributed by atoms with Gasteiger partial charge in [-0.2, -0.15) is 0 Å². The van der Waals surface area contributed by atoms with Crippen molar-refractivity contribution in [3.8, 4) is 11.6 Å². The SMILES string of the molecule is COc1ncccc1NCc1cc(C)c(O)c(C)c1. The molecule has 0 aliphatic rings. The fourth-order valence-corrected chi connectivity index (χ4v) is 2.03. The van der Waals surface area contributed by atoms with Gasteiger partial charge in [0.05, 0.1) is 12.8 Å². The Morgan fingerprint density at radius 1 is 1.26 bits per heavy atom. The lowest BCUT2D eigenvalue weighted by atomic mass is 10.1. The van der Waals surface area contributed by atoms with Crippen LogP contribution in [0.25, 0.3) is 0 Å². The summed E-state index contributed by atoms with van der Waals surface area (Å²) in [5.41, 5.74) is 3.73. The Bertz CT molecular complexity index is 559. The van der Waals surface area contributed by atoms with Crippen molar-refractivity contribution in [3.05, 3.63) is 47.2 Å². The lowest BCUT2D eigenvalue weighted by Crippen LogP contribution is -2.03. The Kier molecular flexibility index (Phi) is 3.90. The molecule has 0 bridgehead atoms. The maximum absolute atomic E-state index is 9.75. The Morgan fingerprint density at radius 2 is 1.95 bits per heavy atom. The molecule has 4 heteroatoms. The van der Waals surface area contributed by atoms with Crippen LogP contribution in [0.15, 0.2) is 30.5 Å². The minimum atomic E-state index is 0.364. The molecule has 2 aromatic rings. The Hall–Kier alpha value is -2.23. The van der Waals surface area contributed by atoms with Gasteiger partial charge in [0, 0.05) is 12.7 Å². The summed E-state index contributed by atoms with van der Waals surface area (Å²) in [6.45, 7) is 4.46. The molecule has 0 aliphatic carbocycles. The zero-order valence-electron chi connectivity index (χ0n) is 11.4. The quantitative estimate of drug-likeness (QED) is 0.885. The second-order valence-corrected chi connectivity index (χ2v) is 4.49. The number of aromatic hydroxyl groups is 1. The lowest BCUT2D eigenvalue weighted by Gasteiger charge is -2.11. The van der Waals surface area contributed by atoms with Crippen molar-refractivity contribution >= 4 is 5.69 Å². The zero-order valence-corrected chi connectivity index (χ0v) is 11.4. The molecule has 4 nitrogen and oxygen atoms in total. The van der Waals surface area contributed by atoms with Crippen LogP contribution in [0.2, 0.25) is 0 Å². The molecule has 100 valence electrons. The van der Waals surface area contributed by atoms with Gasteiger partial charge in [-0.25, -0.2) is 4.98 Å². The van der Waals surface area contributed by atoms with Gasteiger partial charge in [-0.05, 0) is 42.7 Å². The van der Waals surface area contributed by atoms with Gasteiger partial charge in [-0.3, -0.25) is 0 Å². The number of hydrogen-bond acceptors (Lipinski definition) is 4. The molecular formula is C15H18N2O2. The summed E-state index contributed by atoms with van der Waals surface area (Å²) >= 11 is 0. The maximum Gasteiger partial charge on any atom is 0.237 e. The number of methoxy groups -OCH3 is 1. The first kappa shape index (κ1) is 13.2. The van der Waals surface area contributed by atoms with E-state index in [0.717, 1.165) is 22.4 Å². The zero-order chi connectivity index (χ0) is 13.8. The van der Waals surface area contributed by atoms with Crippen LogP contribution in [0.4, 0.5) is 5.69 Å². The van der Waals surface area contributed by atoms with Crippen LogP contribution in [-0.4, -0.2) is 17.2 Å². The summed E-state index contributed by atoms with van der Waals surface area (Å²) in [6.07, 6.45) is 1.69. The van der Waals surface area contributed by atoms with E-state index in [1.165, 1.54) is 0 Å². The summed E-state index contributed by atoms with van der Waals surface area (Å²) in [4.78, 5) is 4.13. The summed E-state index contributed by atoms with van der Waals surface area (Å²) in [5.74, 6) is 0.942. The van der Waals surface area contributed by atoms with Crippen LogP contribution in [0.1, 0.15) is 16.7 Å². The number of phenolic OH excluding ortho intramolecular Hbond substituents is 1. The molecule has 1 heterocycles. The molecular weight excluding hydrogens is 240 g/mol. The number of rotatable bonds is 4. The summed E-state index contributed by atoms with van der Waals surface area (Å²) in [7, 11) is 1.60. The van der Waals surface area contributed by atoms with E-state index in [0.29, 0.717) is 18.2 Å². The Morgan fingerprint density at radius 3 is 2.58 bits per heavy atom. The molecule has 0 amide bonds. The smallest absolute Gasteiger partial charge is 0.237 e. The van der Waals surface area contributed by atoms with Crippen molar-refractivity contribution in [1.82, 2.24) is 4.98 Å². The molecule has 0 spiro atoms. The van der Waals surface area contributed by atoms with E-state index in [1.807, 2.05) is 38.1 Å². The highest BCUT2D eigenvalue weighted by atomic mass is 16.5. The van der Waals surface area contributed by atoms with Gasteiger partial charge in [-0.1, -0.05) is 12.1 Å². The van der Waals surface area contributed by atoms with Crippen LogP contribution >= 0.6 is 0 Å². The Balaban J connectivity index is 2.15. The minimum absolute atomic E-state index is 0.364. The van der Waals surface area contributed by atoms with E-state index in [2.05, 4.69) is 10.3 Å². The highest BCUT2D eigenvalue weighted by molar-refractivity contribution is 5.53. The van der Waals surface area contributed by atoms with Gasteiger partial charge < -0.3 is 15.2 Å². The molecule has 0 unspecified atom stereocenters. The van der Waals surface area contributed by atoms with Crippen molar-refractivity contribution < 1.29 is 9.84 Å². The second-order valence-electron chi connectivity index (χ2n) is 4.49. The van der Waals surface area contributed by atoms with Crippen molar-refractivity contribution in [2.45, 2.75) is 20.4 Å². The van der Waals surface area contributed by atoms with Gasteiger partial charge in [0.2, 0.25) is 5.88 Å². The number of nitrogens with one attached hydrogen (secondary N) is 1. The number of ether oxygens (including phenoxy) is 1. The van der Waals surface area contributed by atoms with Crippen LogP contribution in [0.5, 0.6) is 11.6 Å². The number of aryl methyl sites for hydroxylation is 2. The van der Waals surface area contributed by atoms with Crippen molar-refractivity contribution in [2.75, 3.05) is 12.4 Å². The highest BCUT2D eigenvalue weighted by Gasteiger charge is 2.05. The number of phenols is 1. The first-order valence-electron chi connectivity index (χ1n) is 6.13. The first-order chi connectivity index (χ1) is 9.11. The van der Waals surface area contributed by atoms with Gasteiger partial charge in [0.1, 0.15) is 5.75 Å². The number of nitrogens with zero attached hydrogens (tertiary/aromatic N) is 1. The molecule has 0 saturated carbocycles. The molecule has 2 N–H and O–H groups in total. The fraction of sp³-hybridized carbons (Fsp3) is 0.267. The predicted molar refractivity (Wildman–Crippen MR) is 75.7 cm³/mol. The van der Waals surface area contributed by atoms with Gasteiger partial charge in [0.15, 0.2) is 0 Å². The normalized spacial score (nSPS) is 10.3. The first-order valence-corrected chi connectivity index (χ1v) is 6.13. The van der Waals surface area contributed by atoms with E-state index >= 15 is 0 Å². The molecule has 1 aromatic heterocycles. The van der Waals surface area contributed by atoms with E-state index < -0.39 is 0 Å². The van der Waals surface area contributed by atoms with Crippen LogP contribution < -0.4 is 10.1 Å². The molecule has 0 saturated heterocycles. The Labute approximate surface area is 113 Å². The number of pyridine rings is 1. The monoisotopic (exact) mass is 258 g/mol. The summed E-state index contributed by atoms with van der Waals surface area (Å²) < 4.78 is 5.19. The lowest BCUT2D eigenvalue weighted by molar-refractivity contribution is 0.399. The number of anilines is 1. The van der Waals surface area contributed by atoms with E-state index in [1.54, 1.807) is 13.3 Å². The van der Waals surface area contributed by atoms with E-state index in [9.17, 15) is 5.11 Å². The largest absolute Gasteiger partial charge is 0.507 e. The van der Waals surface area contributed by atoms with E-state index in [4.69, 9.17) is 4.74 Å². The third-order valence-corrected chi connectivity index (χ3v) is 3.00. The summed E-state index contributed by atoms with van der Waals surface area (Å²) in [6, 6.07) is 7.72. The van der Waals surface area contributed by atoms with Crippen LogP contribution in [-0.2, 0) is 6.54 Å².